The lowest BCUT2D eigenvalue weighted by Gasteiger charge is -2.26. The van der Waals surface area contributed by atoms with Gasteiger partial charge in [0, 0.05) is 13.6 Å². The van der Waals surface area contributed by atoms with E-state index in [1.54, 1.807) is 24.1 Å². The molecule has 0 heterocycles. The first-order valence-corrected chi connectivity index (χ1v) is 7.84. The Morgan fingerprint density at radius 1 is 1.33 bits per heavy atom. The van der Waals surface area contributed by atoms with Crippen LogP contribution in [0.25, 0.3) is 0 Å². The van der Waals surface area contributed by atoms with Crippen molar-refractivity contribution in [2.24, 2.45) is 5.92 Å². The molecule has 0 radical (unpaired) electrons. The molecule has 0 bridgehead atoms. The number of hydrogen-bond acceptors (Lipinski definition) is 1. The van der Waals surface area contributed by atoms with E-state index in [2.05, 4.69) is 5.32 Å². The molecule has 4 heteroatoms. The minimum absolute atomic E-state index is 0.0650. The molecule has 1 unspecified atom stereocenters. The second kappa shape index (κ2) is 7.43. The van der Waals surface area contributed by atoms with Crippen molar-refractivity contribution in [1.82, 2.24) is 10.2 Å². The van der Waals surface area contributed by atoms with Gasteiger partial charge in [-0.3, -0.25) is 0 Å². The van der Waals surface area contributed by atoms with Crippen LogP contribution < -0.4 is 5.32 Å². The van der Waals surface area contributed by atoms with Crippen LogP contribution in [-0.4, -0.2) is 24.5 Å². The van der Waals surface area contributed by atoms with Gasteiger partial charge in [0.05, 0.1) is 6.04 Å². The van der Waals surface area contributed by atoms with Gasteiger partial charge in [0.25, 0.3) is 0 Å². The Morgan fingerprint density at radius 3 is 2.57 bits per heavy atom. The largest absolute Gasteiger partial charge is 0.338 e. The average Bonchev–Trinajstić information content (AvgIpc) is 2.99. The van der Waals surface area contributed by atoms with Crippen molar-refractivity contribution in [3.63, 3.8) is 0 Å². The quantitative estimate of drug-likeness (QED) is 0.870. The van der Waals surface area contributed by atoms with E-state index in [-0.39, 0.29) is 17.9 Å². The standard InChI is InChI=1S/C17H25FN2O/c1-13(15-7-9-16(18)10-8-15)20(2)17(21)19-12-11-14-5-3-4-6-14/h7-10,13-14H,3-6,11-12H2,1-2H3,(H,19,21). The molecule has 0 saturated heterocycles. The second-order valence-electron chi connectivity index (χ2n) is 6.01. The van der Waals surface area contributed by atoms with Gasteiger partial charge in [0.1, 0.15) is 5.82 Å². The Kier molecular flexibility index (Phi) is 5.59. The predicted molar refractivity (Wildman–Crippen MR) is 82.6 cm³/mol. The summed E-state index contributed by atoms with van der Waals surface area (Å²) in [5, 5.41) is 2.98. The molecule has 2 amide bonds. The van der Waals surface area contributed by atoms with Gasteiger partial charge in [-0.2, -0.15) is 0 Å². The fourth-order valence-electron chi connectivity index (χ4n) is 2.95. The van der Waals surface area contributed by atoms with Gasteiger partial charge >= 0.3 is 6.03 Å². The summed E-state index contributed by atoms with van der Waals surface area (Å²) in [4.78, 5) is 13.8. The third-order valence-electron chi connectivity index (χ3n) is 4.56. The van der Waals surface area contributed by atoms with Crippen molar-refractivity contribution < 1.29 is 9.18 Å². The fourth-order valence-corrected chi connectivity index (χ4v) is 2.95. The number of hydrogen-bond donors (Lipinski definition) is 1. The van der Waals surface area contributed by atoms with Crippen LogP contribution in [0.3, 0.4) is 0 Å². The molecule has 1 aromatic carbocycles. The van der Waals surface area contributed by atoms with E-state index in [0.717, 1.165) is 24.4 Å². The lowest BCUT2D eigenvalue weighted by Crippen LogP contribution is -2.39. The molecule has 116 valence electrons. The summed E-state index contributed by atoms with van der Waals surface area (Å²) in [7, 11) is 1.78. The summed E-state index contributed by atoms with van der Waals surface area (Å²) in [6, 6.07) is 6.17. The minimum atomic E-state index is -0.255. The van der Waals surface area contributed by atoms with Gasteiger partial charge in [-0.1, -0.05) is 37.8 Å². The Morgan fingerprint density at radius 2 is 1.95 bits per heavy atom. The van der Waals surface area contributed by atoms with Gasteiger partial charge in [-0.05, 0) is 37.0 Å². The van der Waals surface area contributed by atoms with E-state index >= 15 is 0 Å². The van der Waals surface area contributed by atoms with Crippen LogP contribution >= 0.6 is 0 Å². The topological polar surface area (TPSA) is 32.3 Å². The Bertz CT molecular complexity index is 454. The summed E-state index contributed by atoms with van der Waals surface area (Å²) in [5.74, 6) is 0.528. The third-order valence-corrected chi connectivity index (χ3v) is 4.56. The van der Waals surface area contributed by atoms with Crippen molar-refractivity contribution in [2.75, 3.05) is 13.6 Å². The van der Waals surface area contributed by atoms with Gasteiger partial charge in [0.2, 0.25) is 0 Å². The average molecular weight is 292 g/mol. The molecule has 1 aliphatic rings. The minimum Gasteiger partial charge on any atom is -0.338 e. The Hall–Kier alpha value is -1.58. The van der Waals surface area contributed by atoms with Crippen molar-refractivity contribution >= 4 is 6.03 Å². The fraction of sp³-hybridized carbons (Fsp3) is 0.588. The first-order chi connectivity index (χ1) is 10.1. The lowest BCUT2D eigenvalue weighted by atomic mass is 10.0. The lowest BCUT2D eigenvalue weighted by molar-refractivity contribution is 0.193. The zero-order valence-corrected chi connectivity index (χ0v) is 12.9. The number of amides is 2. The van der Waals surface area contributed by atoms with Crippen LogP contribution in [0, 0.1) is 11.7 Å². The molecule has 3 nitrogen and oxygen atoms in total. The molecule has 1 atom stereocenters. The molecule has 21 heavy (non-hydrogen) atoms. The van der Waals surface area contributed by atoms with Gasteiger partial charge in [-0.25, -0.2) is 9.18 Å². The highest BCUT2D eigenvalue weighted by molar-refractivity contribution is 5.74. The molecule has 1 saturated carbocycles. The number of halogens is 1. The maximum atomic E-state index is 12.9. The van der Waals surface area contributed by atoms with E-state index in [1.165, 1.54) is 37.8 Å². The SMILES string of the molecule is CC(c1ccc(F)cc1)N(C)C(=O)NCCC1CCCC1. The Balaban J connectivity index is 1.79. The first kappa shape index (κ1) is 15.8. The van der Waals surface area contributed by atoms with E-state index in [9.17, 15) is 9.18 Å². The smallest absolute Gasteiger partial charge is 0.317 e. The summed E-state index contributed by atoms with van der Waals surface area (Å²) >= 11 is 0. The Labute approximate surface area is 126 Å². The van der Waals surface area contributed by atoms with E-state index in [4.69, 9.17) is 0 Å². The molecule has 0 aliphatic heterocycles. The highest BCUT2D eigenvalue weighted by Gasteiger charge is 2.18. The molecule has 0 spiro atoms. The maximum absolute atomic E-state index is 12.9. The molecule has 1 aliphatic carbocycles. The molecule has 2 rings (SSSR count). The van der Waals surface area contributed by atoms with E-state index in [1.807, 2.05) is 6.92 Å². The molecule has 1 fully saturated rings. The third kappa shape index (κ3) is 4.45. The van der Waals surface area contributed by atoms with Crippen LogP contribution in [0.15, 0.2) is 24.3 Å². The van der Waals surface area contributed by atoms with Gasteiger partial charge in [0.15, 0.2) is 0 Å². The first-order valence-electron chi connectivity index (χ1n) is 7.84. The summed E-state index contributed by atoms with van der Waals surface area (Å²) < 4.78 is 12.9. The zero-order valence-electron chi connectivity index (χ0n) is 12.9. The monoisotopic (exact) mass is 292 g/mol. The molecular formula is C17H25FN2O. The second-order valence-corrected chi connectivity index (χ2v) is 6.01. The number of nitrogens with zero attached hydrogens (tertiary/aromatic N) is 1. The highest BCUT2D eigenvalue weighted by Crippen LogP contribution is 2.27. The molecular weight excluding hydrogens is 267 g/mol. The predicted octanol–water partition coefficient (Wildman–Crippen LogP) is 4.11. The highest BCUT2D eigenvalue weighted by atomic mass is 19.1. The van der Waals surface area contributed by atoms with Crippen molar-refractivity contribution in [1.29, 1.82) is 0 Å². The summed E-state index contributed by atoms with van der Waals surface area (Å²) in [6.45, 7) is 2.69. The van der Waals surface area contributed by atoms with Crippen LogP contribution in [0.4, 0.5) is 9.18 Å². The number of rotatable bonds is 5. The van der Waals surface area contributed by atoms with Crippen LogP contribution in [0.5, 0.6) is 0 Å². The van der Waals surface area contributed by atoms with Gasteiger partial charge < -0.3 is 10.2 Å². The van der Waals surface area contributed by atoms with Crippen LogP contribution in [0.1, 0.15) is 50.6 Å². The van der Waals surface area contributed by atoms with Gasteiger partial charge in [-0.15, -0.1) is 0 Å². The van der Waals surface area contributed by atoms with E-state index < -0.39 is 0 Å². The molecule has 1 aromatic rings. The zero-order chi connectivity index (χ0) is 15.2. The number of nitrogens with one attached hydrogen (secondary N) is 1. The number of carbonyl (C=O) groups is 1. The number of urea groups is 1. The number of benzene rings is 1. The maximum Gasteiger partial charge on any atom is 0.317 e. The molecule has 0 aromatic heterocycles. The van der Waals surface area contributed by atoms with E-state index in [0.29, 0.717) is 0 Å². The summed E-state index contributed by atoms with van der Waals surface area (Å²) in [6.07, 6.45) is 6.35. The summed E-state index contributed by atoms with van der Waals surface area (Å²) in [5.41, 5.74) is 0.935. The van der Waals surface area contributed by atoms with Crippen LogP contribution in [-0.2, 0) is 0 Å². The van der Waals surface area contributed by atoms with Crippen LogP contribution in [0.2, 0.25) is 0 Å². The van der Waals surface area contributed by atoms with Crippen molar-refractivity contribution in [3.8, 4) is 0 Å². The molecule has 1 N–H and O–H groups in total. The normalized spacial score (nSPS) is 16.7. The number of carbonyl (C=O) groups excluding carboxylic acids is 1. The van der Waals surface area contributed by atoms with Crippen molar-refractivity contribution in [3.05, 3.63) is 35.6 Å². The van der Waals surface area contributed by atoms with Crippen molar-refractivity contribution in [2.45, 2.75) is 45.1 Å².